The predicted octanol–water partition coefficient (Wildman–Crippen LogP) is 2.34. The van der Waals surface area contributed by atoms with Crippen LogP contribution >= 0.6 is 0 Å². The Labute approximate surface area is 124 Å². The third-order valence-electron chi connectivity index (χ3n) is 2.97. The van der Waals surface area contributed by atoms with Crippen molar-refractivity contribution in [2.45, 2.75) is 19.9 Å². The summed E-state index contributed by atoms with van der Waals surface area (Å²) in [6.07, 6.45) is 3.18. The zero-order valence-electron chi connectivity index (χ0n) is 12.1. The molecule has 1 aromatic carbocycles. The maximum absolute atomic E-state index is 11.9. The zero-order chi connectivity index (χ0) is 15.1. The van der Waals surface area contributed by atoms with Gasteiger partial charge in [-0.2, -0.15) is 5.10 Å². The van der Waals surface area contributed by atoms with Crippen LogP contribution in [0.25, 0.3) is 0 Å². The molecule has 0 radical (unpaired) electrons. The molecule has 1 unspecified atom stereocenters. The molecule has 21 heavy (non-hydrogen) atoms. The van der Waals surface area contributed by atoms with Crippen LogP contribution in [-0.4, -0.2) is 23.1 Å². The number of carbonyl (C=O) groups excluding carboxylic acids is 1. The first kappa shape index (κ1) is 14.7. The number of aromatic nitrogens is 1. The second kappa shape index (κ2) is 7.19. The van der Waals surface area contributed by atoms with E-state index < -0.39 is 0 Å². The van der Waals surface area contributed by atoms with Gasteiger partial charge >= 0.3 is 0 Å². The first-order valence-electron chi connectivity index (χ1n) is 6.73. The minimum Gasteiger partial charge on any atom is -0.374 e. The lowest BCUT2D eigenvalue weighted by atomic mass is 10.2. The largest absolute Gasteiger partial charge is 0.374 e. The van der Waals surface area contributed by atoms with Crippen molar-refractivity contribution in [1.82, 2.24) is 10.4 Å². The molecular formula is C16H18N4O. The van der Waals surface area contributed by atoms with Gasteiger partial charge in [0.05, 0.1) is 11.9 Å². The number of carbonyl (C=O) groups is 1. The van der Waals surface area contributed by atoms with E-state index in [1.165, 1.54) is 6.21 Å². The summed E-state index contributed by atoms with van der Waals surface area (Å²) in [7, 11) is 0. The van der Waals surface area contributed by atoms with Crippen LogP contribution in [0.15, 0.2) is 53.8 Å². The van der Waals surface area contributed by atoms with Crippen LogP contribution in [0.4, 0.5) is 5.69 Å². The first-order valence-corrected chi connectivity index (χ1v) is 6.73. The molecule has 5 heteroatoms. The van der Waals surface area contributed by atoms with Crippen molar-refractivity contribution in [2.75, 3.05) is 5.32 Å². The molecular weight excluding hydrogens is 264 g/mol. The quantitative estimate of drug-likeness (QED) is 0.653. The summed E-state index contributed by atoms with van der Waals surface area (Å²) in [4.78, 5) is 16.0. The van der Waals surface area contributed by atoms with Gasteiger partial charge in [-0.1, -0.05) is 24.3 Å². The topological polar surface area (TPSA) is 66.4 Å². The van der Waals surface area contributed by atoms with Gasteiger partial charge in [-0.05, 0) is 37.6 Å². The summed E-state index contributed by atoms with van der Waals surface area (Å²) in [5, 5.41) is 7.06. The van der Waals surface area contributed by atoms with E-state index in [0.29, 0.717) is 5.69 Å². The number of nitrogens with one attached hydrogen (secondary N) is 2. The molecule has 1 heterocycles. The van der Waals surface area contributed by atoms with Crippen molar-refractivity contribution in [2.24, 2.45) is 5.10 Å². The van der Waals surface area contributed by atoms with Crippen LogP contribution in [-0.2, 0) is 4.79 Å². The molecule has 0 bridgehead atoms. The molecule has 0 aliphatic rings. The van der Waals surface area contributed by atoms with Gasteiger partial charge in [0, 0.05) is 11.9 Å². The number of anilines is 1. The molecule has 0 spiro atoms. The molecule has 0 aliphatic carbocycles. The van der Waals surface area contributed by atoms with Crippen LogP contribution < -0.4 is 10.7 Å². The highest BCUT2D eigenvalue weighted by Gasteiger charge is 2.12. The van der Waals surface area contributed by atoms with Crippen LogP contribution in [0.3, 0.4) is 0 Å². The number of amides is 1. The van der Waals surface area contributed by atoms with Gasteiger partial charge < -0.3 is 5.32 Å². The van der Waals surface area contributed by atoms with Crippen LogP contribution in [0.5, 0.6) is 0 Å². The monoisotopic (exact) mass is 282 g/mol. The molecule has 0 saturated heterocycles. The smallest absolute Gasteiger partial charge is 0.262 e. The van der Waals surface area contributed by atoms with E-state index in [2.05, 4.69) is 20.8 Å². The average molecular weight is 282 g/mol. The maximum Gasteiger partial charge on any atom is 0.262 e. The van der Waals surface area contributed by atoms with Crippen molar-refractivity contribution in [3.05, 3.63) is 59.9 Å². The summed E-state index contributed by atoms with van der Waals surface area (Å²) in [6.45, 7) is 3.78. The van der Waals surface area contributed by atoms with Gasteiger partial charge in [0.1, 0.15) is 6.04 Å². The third kappa shape index (κ3) is 4.42. The molecule has 2 rings (SSSR count). The lowest BCUT2D eigenvalue weighted by Crippen LogP contribution is -2.35. The Morgan fingerprint density at radius 1 is 1.24 bits per heavy atom. The number of aryl methyl sites for hydroxylation is 1. The van der Waals surface area contributed by atoms with Crippen molar-refractivity contribution in [1.29, 1.82) is 0 Å². The Kier molecular flexibility index (Phi) is 5.04. The number of hydrazone groups is 1. The number of hydrogen-bond donors (Lipinski definition) is 2. The highest BCUT2D eigenvalue weighted by atomic mass is 16.2. The Morgan fingerprint density at radius 2 is 2.00 bits per heavy atom. The fourth-order valence-electron chi connectivity index (χ4n) is 1.74. The summed E-state index contributed by atoms with van der Waals surface area (Å²) in [6, 6.07) is 12.9. The summed E-state index contributed by atoms with van der Waals surface area (Å²) in [5.74, 6) is -0.203. The van der Waals surface area contributed by atoms with Crippen molar-refractivity contribution in [3.8, 4) is 0 Å². The first-order chi connectivity index (χ1) is 10.2. The lowest BCUT2D eigenvalue weighted by molar-refractivity contribution is -0.121. The van der Waals surface area contributed by atoms with E-state index >= 15 is 0 Å². The van der Waals surface area contributed by atoms with E-state index in [0.717, 1.165) is 11.3 Å². The minimum atomic E-state index is -0.382. The van der Waals surface area contributed by atoms with Crippen LogP contribution in [0.2, 0.25) is 0 Å². The highest BCUT2D eigenvalue weighted by Crippen LogP contribution is 2.14. The molecule has 1 aromatic heterocycles. The molecule has 5 nitrogen and oxygen atoms in total. The molecule has 1 atom stereocenters. The number of pyridine rings is 1. The van der Waals surface area contributed by atoms with Gasteiger partial charge in [0.15, 0.2) is 0 Å². The van der Waals surface area contributed by atoms with E-state index in [9.17, 15) is 4.79 Å². The normalized spacial score (nSPS) is 12.1. The van der Waals surface area contributed by atoms with Crippen LogP contribution in [0, 0.1) is 6.92 Å². The predicted molar refractivity (Wildman–Crippen MR) is 84.2 cm³/mol. The lowest BCUT2D eigenvalue weighted by Gasteiger charge is -2.15. The van der Waals surface area contributed by atoms with Gasteiger partial charge in [-0.25, -0.2) is 5.43 Å². The van der Waals surface area contributed by atoms with Gasteiger partial charge in [0.25, 0.3) is 5.91 Å². The second-order valence-corrected chi connectivity index (χ2v) is 4.67. The molecule has 0 fully saturated rings. The maximum atomic E-state index is 11.9. The highest BCUT2D eigenvalue weighted by molar-refractivity contribution is 5.86. The average Bonchev–Trinajstić information content (AvgIpc) is 2.50. The molecule has 0 saturated carbocycles. The number of para-hydroxylation sites is 1. The minimum absolute atomic E-state index is 0.203. The number of benzene rings is 1. The van der Waals surface area contributed by atoms with Crippen LogP contribution in [0.1, 0.15) is 18.2 Å². The molecule has 0 aliphatic heterocycles. The van der Waals surface area contributed by atoms with E-state index in [-0.39, 0.29) is 11.9 Å². The van der Waals surface area contributed by atoms with E-state index in [1.54, 1.807) is 13.1 Å². The summed E-state index contributed by atoms with van der Waals surface area (Å²) in [5.41, 5.74) is 5.22. The molecule has 2 aromatic rings. The Hall–Kier alpha value is -2.69. The Bertz CT molecular complexity index is 625. The van der Waals surface area contributed by atoms with E-state index in [1.807, 2.05) is 49.4 Å². The summed E-state index contributed by atoms with van der Waals surface area (Å²) < 4.78 is 0. The van der Waals surface area contributed by atoms with E-state index in [4.69, 9.17) is 0 Å². The van der Waals surface area contributed by atoms with Gasteiger partial charge in [-0.3, -0.25) is 9.78 Å². The number of rotatable bonds is 5. The Balaban J connectivity index is 1.88. The van der Waals surface area contributed by atoms with Crippen molar-refractivity contribution in [3.63, 3.8) is 0 Å². The second-order valence-electron chi connectivity index (χ2n) is 4.67. The molecule has 108 valence electrons. The standard InChI is InChI=1S/C16H18N4O/c1-12-7-3-4-9-15(12)19-13(2)16(21)20-18-11-14-8-5-6-10-17-14/h3-11,13,19H,1-2H3,(H,20,21)/b18-11+. The van der Waals surface area contributed by atoms with Gasteiger partial charge in [-0.15, -0.1) is 0 Å². The third-order valence-corrected chi connectivity index (χ3v) is 2.97. The Morgan fingerprint density at radius 3 is 2.71 bits per heavy atom. The SMILES string of the molecule is Cc1ccccc1NC(C)C(=O)N/N=C/c1ccccn1. The zero-order valence-corrected chi connectivity index (χ0v) is 12.1. The molecule has 2 N–H and O–H groups in total. The molecule has 1 amide bonds. The fourth-order valence-corrected chi connectivity index (χ4v) is 1.74. The fraction of sp³-hybridized carbons (Fsp3) is 0.188. The van der Waals surface area contributed by atoms with Gasteiger partial charge in [0.2, 0.25) is 0 Å². The number of hydrogen-bond acceptors (Lipinski definition) is 4. The summed E-state index contributed by atoms with van der Waals surface area (Å²) >= 11 is 0. The van der Waals surface area contributed by atoms with Crippen molar-refractivity contribution >= 4 is 17.8 Å². The number of nitrogens with zero attached hydrogens (tertiary/aromatic N) is 2. The van der Waals surface area contributed by atoms with Crippen molar-refractivity contribution < 1.29 is 4.79 Å².